The SMILES string of the molecule is CC1C(=O)N(CS(=O)(=O)ON2C(=O)CCC2=O)C(=O)C1C. The third kappa shape index (κ3) is 2.81. The quantitative estimate of drug-likeness (QED) is 0.610. The van der Waals surface area contributed by atoms with Crippen molar-refractivity contribution in [2.45, 2.75) is 26.7 Å². The van der Waals surface area contributed by atoms with Gasteiger partial charge in [-0.05, 0) is 0 Å². The van der Waals surface area contributed by atoms with Crippen molar-refractivity contribution in [3.05, 3.63) is 0 Å². The molecule has 2 fully saturated rings. The van der Waals surface area contributed by atoms with E-state index in [-0.39, 0.29) is 17.9 Å². The maximum Gasteiger partial charge on any atom is 0.307 e. The molecule has 2 saturated heterocycles. The Morgan fingerprint density at radius 2 is 1.43 bits per heavy atom. The number of carbonyl (C=O) groups excluding carboxylic acids is 4. The molecule has 0 aromatic rings. The molecule has 2 atom stereocenters. The van der Waals surface area contributed by atoms with Crippen molar-refractivity contribution in [3.8, 4) is 0 Å². The van der Waals surface area contributed by atoms with Crippen LogP contribution in [0.1, 0.15) is 26.7 Å². The van der Waals surface area contributed by atoms with Gasteiger partial charge in [-0.3, -0.25) is 24.1 Å². The van der Waals surface area contributed by atoms with Crippen LogP contribution < -0.4 is 0 Å². The Morgan fingerprint density at radius 3 is 1.86 bits per heavy atom. The number of carbonyl (C=O) groups is 4. The molecule has 9 nitrogen and oxygen atoms in total. The fourth-order valence-electron chi connectivity index (χ4n) is 2.09. The number of hydrogen-bond acceptors (Lipinski definition) is 7. The van der Waals surface area contributed by atoms with Crippen LogP contribution in [0.5, 0.6) is 0 Å². The Balaban J connectivity index is 2.11. The van der Waals surface area contributed by atoms with Crippen molar-refractivity contribution < 1.29 is 31.9 Å². The van der Waals surface area contributed by atoms with Crippen LogP contribution in [0.25, 0.3) is 0 Å². The molecule has 2 heterocycles. The molecule has 0 N–H and O–H groups in total. The Morgan fingerprint density at radius 1 is 1.00 bits per heavy atom. The predicted molar refractivity (Wildman–Crippen MR) is 66.1 cm³/mol. The molecule has 21 heavy (non-hydrogen) atoms. The summed E-state index contributed by atoms with van der Waals surface area (Å²) in [5, 5.41) is 0.160. The van der Waals surface area contributed by atoms with Crippen LogP contribution in [0.2, 0.25) is 0 Å². The minimum absolute atomic E-state index is 0.135. The van der Waals surface area contributed by atoms with Crippen LogP contribution in [-0.2, 0) is 33.6 Å². The first kappa shape index (κ1) is 15.6. The van der Waals surface area contributed by atoms with E-state index in [9.17, 15) is 27.6 Å². The highest BCUT2D eigenvalue weighted by molar-refractivity contribution is 7.86. The van der Waals surface area contributed by atoms with E-state index in [0.29, 0.717) is 4.90 Å². The van der Waals surface area contributed by atoms with Crippen molar-refractivity contribution >= 4 is 33.7 Å². The molecular weight excluding hydrogens is 304 g/mol. The summed E-state index contributed by atoms with van der Waals surface area (Å²) in [6, 6.07) is 0. The number of hydrogen-bond donors (Lipinski definition) is 0. The van der Waals surface area contributed by atoms with Crippen molar-refractivity contribution in [2.24, 2.45) is 11.8 Å². The summed E-state index contributed by atoms with van der Waals surface area (Å²) in [7, 11) is -4.46. The first-order chi connectivity index (χ1) is 9.64. The van der Waals surface area contributed by atoms with Crippen LogP contribution in [0.15, 0.2) is 0 Å². The summed E-state index contributed by atoms with van der Waals surface area (Å²) in [5.74, 6) is -5.06. The van der Waals surface area contributed by atoms with Gasteiger partial charge in [0.2, 0.25) is 11.8 Å². The van der Waals surface area contributed by atoms with Crippen LogP contribution in [0, 0.1) is 11.8 Å². The molecule has 4 amide bonds. The van der Waals surface area contributed by atoms with Gasteiger partial charge in [-0.25, -0.2) is 0 Å². The topological polar surface area (TPSA) is 118 Å². The normalized spacial score (nSPS) is 27.1. The molecule has 0 aromatic heterocycles. The van der Waals surface area contributed by atoms with Gasteiger partial charge in [-0.15, -0.1) is 9.35 Å². The molecule has 2 unspecified atom stereocenters. The van der Waals surface area contributed by atoms with Crippen LogP contribution >= 0.6 is 0 Å². The van der Waals surface area contributed by atoms with Crippen LogP contribution in [-0.4, -0.2) is 47.9 Å². The standard InChI is InChI=1S/C11H14N2O7S/c1-6-7(2)11(17)12(10(6)16)5-21(18,19)20-13-8(14)3-4-9(13)15/h6-7H,3-5H2,1-2H3. The van der Waals surface area contributed by atoms with Gasteiger partial charge in [0.25, 0.3) is 11.8 Å². The summed E-state index contributed by atoms with van der Waals surface area (Å²) in [6.07, 6.45) is -0.270. The molecule has 0 bridgehead atoms. The van der Waals surface area contributed by atoms with Crippen molar-refractivity contribution in [1.82, 2.24) is 9.96 Å². The van der Waals surface area contributed by atoms with E-state index in [1.54, 1.807) is 0 Å². The summed E-state index contributed by atoms with van der Waals surface area (Å²) >= 11 is 0. The van der Waals surface area contributed by atoms with Crippen molar-refractivity contribution in [1.29, 1.82) is 0 Å². The Hall–Kier alpha value is -1.81. The fourth-order valence-corrected chi connectivity index (χ4v) is 3.10. The smallest absolute Gasteiger partial charge is 0.274 e. The molecule has 0 radical (unpaired) electrons. The lowest BCUT2D eigenvalue weighted by Gasteiger charge is -2.17. The van der Waals surface area contributed by atoms with E-state index < -0.39 is 51.5 Å². The Kier molecular flexibility index (Phi) is 3.85. The minimum atomic E-state index is -4.46. The van der Waals surface area contributed by atoms with Crippen molar-refractivity contribution in [2.75, 3.05) is 5.88 Å². The van der Waals surface area contributed by atoms with Gasteiger partial charge in [-0.2, -0.15) is 8.42 Å². The molecule has 2 aliphatic rings. The third-order valence-electron chi connectivity index (χ3n) is 3.54. The number of hydroxylamine groups is 2. The zero-order chi connectivity index (χ0) is 15.9. The summed E-state index contributed by atoms with van der Waals surface area (Å²) in [6.45, 7) is 3.04. The van der Waals surface area contributed by atoms with Gasteiger partial charge < -0.3 is 0 Å². The molecule has 0 aliphatic carbocycles. The molecule has 0 saturated carbocycles. The molecule has 2 rings (SSSR count). The number of amides is 4. The molecule has 0 aromatic carbocycles. The molecular formula is C11H14N2O7S. The molecule has 10 heteroatoms. The van der Waals surface area contributed by atoms with E-state index in [1.807, 2.05) is 0 Å². The lowest BCUT2D eigenvalue weighted by molar-refractivity contribution is -0.163. The first-order valence-electron chi connectivity index (χ1n) is 6.27. The summed E-state index contributed by atoms with van der Waals surface area (Å²) < 4.78 is 28.1. The minimum Gasteiger partial charge on any atom is -0.274 e. The van der Waals surface area contributed by atoms with Gasteiger partial charge >= 0.3 is 10.1 Å². The van der Waals surface area contributed by atoms with Crippen LogP contribution in [0.3, 0.4) is 0 Å². The summed E-state index contributed by atoms with van der Waals surface area (Å²) in [5.41, 5.74) is 0. The second-order valence-corrected chi connectivity index (χ2v) is 6.55. The van der Waals surface area contributed by atoms with Crippen LogP contribution in [0.4, 0.5) is 0 Å². The average molecular weight is 318 g/mol. The zero-order valence-electron chi connectivity index (χ0n) is 11.4. The number of rotatable bonds is 4. The largest absolute Gasteiger partial charge is 0.307 e. The second-order valence-electron chi connectivity index (χ2n) is 5.03. The predicted octanol–water partition coefficient (Wildman–Crippen LogP) is -1.00. The van der Waals surface area contributed by atoms with Gasteiger partial charge in [0, 0.05) is 24.7 Å². The number of likely N-dealkylation sites (tertiary alicyclic amines) is 1. The van der Waals surface area contributed by atoms with Crippen molar-refractivity contribution in [3.63, 3.8) is 0 Å². The van der Waals surface area contributed by atoms with Gasteiger partial charge in [0.1, 0.15) is 0 Å². The average Bonchev–Trinajstić information content (AvgIpc) is 2.80. The molecule has 116 valence electrons. The van der Waals surface area contributed by atoms with Gasteiger partial charge in [-0.1, -0.05) is 13.8 Å². The maximum absolute atomic E-state index is 11.8. The van der Waals surface area contributed by atoms with E-state index >= 15 is 0 Å². The molecule has 2 aliphatic heterocycles. The fraction of sp³-hybridized carbons (Fsp3) is 0.636. The lowest BCUT2D eigenvalue weighted by atomic mass is 10.00. The van der Waals surface area contributed by atoms with E-state index in [0.717, 1.165) is 0 Å². The van der Waals surface area contributed by atoms with E-state index in [2.05, 4.69) is 4.28 Å². The highest BCUT2D eigenvalue weighted by Crippen LogP contribution is 2.26. The Bertz CT molecular complexity index is 590. The Labute approximate surface area is 120 Å². The monoisotopic (exact) mass is 318 g/mol. The summed E-state index contributed by atoms with van der Waals surface area (Å²) in [4.78, 5) is 46.8. The van der Waals surface area contributed by atoms with E-state index in [4.69, 9.17) is 0 Å². The number of nitrogens with zero attached hydrogens (tertiary/aromatic N) is 2. The first-order valence-corrected chi connectivity index (χ1v) is 7.85. The number of imide groups is 2. The zero-order valence-corrected chi connectivity index (χ0v) is 12.3. The maximum atomic E-state index is 11.8. The van der Waals surface area contributed by atoms with E-state index in [1.165, 1.54) is 13.8 Å². The third-order valence-corrected chi connectivity index (χ3v) is 4.49. The lowest BCUT2D eigenvalue weighted by Crippen LogP contribution is -2.40. The highest BCUT2D eigenvalue weighted by Gasteiger charge is 2.45. The second kappa shape index (κ2) is 5.19. The van der Waals surface area contributed by atoms with Gasteiger partial charge in [0.15, 0.2) is 5.88 Å². The highest BCUT2D eigenvalue weighted by atomic mass is 32.2. The van der Waals surface area contributed by atoms with Gasteiger partial charge in [0.05, 0.1) is 0 Å². The molecule has 0 spiro atoms.